The van der Waals surface area contributed by atoms with Crippen LogP contribution in [0.1, 0.15) is 22.0 Å². The molecule has 1 aromatic carbocycles. The monoisotopic (exact) mass is 426 g/mol. The molecule has 3 rings (SSSR count). The Bertz CT molecular complexity index is 1020. The summed E-state index contributed by atoms with van der Waals surface area (Å²) >= 11 is 7.06. The van der Waals surface area contributed by atoms with E-state index in [1.165, 1.54) is 11.3 Å². The third kappa shape index (κ3) is 4.63. The molecule has 0 saturated heterocycles. The van der Waals surface area contributed by atoms with Crippen LogP contribution in [0.4, 0.5) is 13.2 Å². The number of aromatic nitrogens is 1. The van der Waals surface area contributed by atoms with Crippen molar-refractivity contribution in [1.82, 2.24) is 9.88 Å². The van der Waals surface area contributed by atoms with Crippen LogP contribution in [0.25, 0.3) is 0 Å². The van der Waals surface area contributed by atoms with Crippen molar-refractivity contribution in [3.63, 3.8) is 0 Å². The average Bonchev–Trinajstić information content (AvgIpc) is 3.17. The van der Waals surface area contributed by atoms with E-state index in [-0.39, 0.29) is 0 Å². The second-order valence-corrected chi connectivity index (χ2v) is 7.32. The second-order valence-electron chi connectivity index (χ2n) is 5.93. The summed E-state index contributed by atoms with van der Waals surface area (Å²) < 4.78 is 39.5. The fourth-order valence-corrected chi connectivity index (χ4v) is 3.68. The zero-order valence-corrected chi connectivity index (χ0v) is 15.8. The molecule has 0 radical (unpaired) electrons. The van der Waals surface area contributed by atoms with E-state index in [0.29, 0.717) is 16.8 Å². The molecular weight excluding hydrogens is 413 g/mol. The van der Waals surface area contributed by atoms with E-state index in [4.69, 9.17) is 11.6 Å². The van der Waals surface area contributed by atoms with Crippen LogP contribution in [0.3, 0.4) is 0 Å². The quantitative estimate of drug-likeness (QED) is 0.653. The van der Waals surface area contributed by atoms with Crippen LogP contribution >= 0.6 is 22.9 Å². The molecule has 1 unspecified atom stereocenters. The van der Waals surface area contributed by atoms with E-state index >= 15 is 0 Å². The summed E-state index contributed by atoms with van der Waals surface area (Å²) in [5, 5.41) is 4.04. The highest BCUT2D eigenvalue weighted by molar-refractivity contribution is 7.10. The van der Waals surface area contributed by atoms with Gasteiger partial charge in [-0.1, -0.05) is 48.0 Å². The van der Waals surface area contributed by atoms with Crippen molar-refractivity contribution in [2.24, 2.45) is 0 Å². The number of nitrogens with one attached hydrogen (secondary N) is 1. The summed E-state index contributed by atoms with van der Waals surface area (Å²) in [6.07, 6.45) is -4.09. The molecule has 2 aromatic heterocycles. The molecule has 4 nitrogen and oxygen atoms in total. The molecule has 0 aliphatic heterocycles. The van der Waals surface area contributed by atoms with E-state index in [9.17, 15) is 22.8 Å². The second kappa shape index (κ2) is 8.20. The Morgan fingerprint density at radius 1 is 1.18 bits per heavy atom. The van der Waals surface area contributed by atoms with E-state index in [1.54, 1.807) is 0 Å². The third-order valence-corrected chi connectivity index (χ3v) is 5.16. The van der Waals surface area contributed by atoms with Crippen LogP contribution in [-0.4, -0.2) is 10.5 Å². The largest absolute Gasteiger partial charge is 0.417 e. The molecule has 2 heterocycles. The lowest BCUT2D eigenvalue weighted by Crippen LogP contribution is -2.35. The fourth-order valence-electron chi connectivity index (χ4n) is 2.65. The van der Waals surface area contributed by atoms with Crippen molar-refractivity contribution in [2.75, 3.05) is 0 Å². The van der Waals surface area contributed by atoms with E-state index < -0.39 is 40.8 Å². The maximum atomic E-state index is 13.0. The SMILES string of the molecule is O=C(Cn1cc(C(F)(F)F)cc(Cl)c1=O)NC(c1ccccc1)c1cccs1. The number of nitrogens with zero attached hydrogens (tertiary/aromatic N) is 1. The van der Waals surface area contributed by atoms with Crippen molar-refractivity contribution in [1.29, 1.82) is 0 Å². The Morgan fingerprint density at radius 3 is 2.50 bits per heavy atom. The molecule has 0 fully saturated rings. The fraction of sp³-hybridized carbons (Fsp3) is 0.158. The van der Waals surface area contributed by atoms with Gasteiger partial charge in [0.2, 0.25) is 5.91 Å². The highest BCUT2D eigenvalue weighted by atomic mass is 35.5. The molecular formula is C19H14ClF3N2O2S. The van der Waals surface area contributed by atoms with Gasteiger partial charge in [0.15, 0.2) is 0 Å². The molecule has 1 N–H and O–H groups in total. The van der Waals surface area contributed by atoms with Gasteiger partial charge in [0, 0.05) is 11.1 Å². The number of halogens is 4. The number of rotatable bonds is 5. The van der Waals surface area contributed by atoms with Gasteiger partial charge in [0.1, 0.15) is 11.6 Å². The molecule has 146 valence electrons. The first-order chi connectivity index (χ1) is 13.3. The Morgan fingerprint density at radius 2 is 1.89 bits per heavy atom. The smallest absolute Gasteiger partial charge is 0.343 e. The Balaban J connectivity index is 1.86. The maximum absolute atomic E-state index is 13.0. The summed E-state index contributed by atoms with van der Waals surface area (Å²) in [6.45, 7) is -0.586. The van der Waals surface area contributed by atoms with Gasteiger partial charge in [-0.05, 0) is 23.1 Å². The summed E-state index contributed by atoms with van der Waals surface area (Å²) in [4.78, 5) is 25.4. The molecule has 28 heavy (non-hydrogen) atoms. The Labute approximate surface area is 167 Å². The van der Waals surface area contributed by atoms with Gasteiger partial charge in [-0.2, -0.15) is 13.2 Å². The number of carbonyl (C=O) groups is 1. The lowest BCUT2D eigenvalue weighted by molar-refractivity contribution is -0.138. The van der Waals surface area contributed by atoms with Gasteiger partial charge in [-0.15, -0.1) is 11.3 Å². The molecule has 0 saturated carbocycles. The van der Waals surface area contributed by atoms with Gasteiger partial charge in [-0.25, -0.2) is 0 Å². The maximum Gasteiger partial charge on any atom is 0.417 e. The number of pyridine rings is 1. The van der Waals surface area contributed by atoms with Crippen LogP contribution in [0.5, 0.6) is 0 Å². The first kappa shape index (κ1) is 20.2. The van der Waals surface area contributed by atoms with E-state index in [1.807, 2.05) is 47.8 Å². The minimum absolute atomic E-state index is 0.481. The normalized spacial score (nSPS) is 12.6. The highest BCUT2D eigenvalue weighted by Gasteiger charge is 2.32. The predicted molar refractivity (Wildman–Crippen MR) is 101 cm³/mol. The summed E-state index contributed by atoms with van der Waals surface area (Å²) in [6, 6.07) is 12.9. The van der Waals surface area contributed by atoms with Crippen LogP contribution in [0.2, 0.25) is 5.02 Å². The number of benzene rings is 1. The first-order valence-corrected chi connectivity index (χ1v) is 9.36. The molecule has 0 aliphatic carbocycles. The molecule has 0 bridgehead atoms. The molecule has 1 atom stereocenters. The number of hydrogen-bond acceptors (Lipinski definition) is 3. The van der Waals surface area contributed by atoms with Gasteiger partial charge in [0.05, 0.1) is 11.6 Å². The van der Waals surface area contributed by atoms with E-state index in [0.717, 1.165) is 10.4 Å². The minimum atomic E-state index is -4.68. The summed E-state index contributed by atoms with van der Waals surface area (Å²) in [5.74, 6) is -0.611. The van der Waals surface area contributed by atoms with Crippen LogP contribution in [-0.2, 0) is 17.5 Å². The van der Waals surface area contributed by atoms with Crippen LogP contribution < -0.4 is 10.9 Å². The molecule has 0 aliphatic rings. The summed E-state index contributed by atoms with van der Waals surface area (Å²) in [5.41, 5.74) is -1.15. The lowest BCUT2D eigenvalue weighted by atomic mass is 10.1. The van der Waals surface area contributed by atoms with Crippen molar-refractivity contribution < 1.29 is 18.0 Å². The van der Waals surface area contributed by atoms with Gasteiger partial charge < -0.3 is 9.88 Å². The number of carbonyl (C=O) groups excluding carboxylic acids is 1. The third-order valence-electron chi connectivity index (χ3n) is 3.95. The highest BCUT2D eigenvalue weighted by Crippen LogP contribution is 2.30. The average molecular weight is 427 g/mol. The summed E-state index contributed by atoms with van der Waals surface area (Å²) in [7, 11) is 0. The topological polar surface area (TPSA) is 51.1 Å². The predicted octanol–water partition coefficient (Wildman–Crippen LogP) is 4.49. The zero-order valence-electron chi connectivity index (χ0n) is 14.2. The van der Waals surface area contributed by atoms with E-state index in [2.05, 4.69) is 5.32 Å². The standard InChI is InChI=1S/C19H14ClF3N2O2S/c20-14-9-13(19(21,22)23)10-25(18(14)27)11-16(26)24-17(15-7-4-8-28-15)12-5-2-1-3-6-12/h1-10,17H,11H2,(H,24,26). The number of hydrogen-bond donors (Lipinski definition) is 1. The number of thiophene rings is 1. The lowest BCUT2D eigenvalue weighted by Gasteiger charge is -2.19. The van der Waals surface area contributed by atoms with Crippen molar-refractivity contribution >= 4 is 28.8 Å². The molecule has 1 amide bonds. The van der Waals surface area contributed by atoms with Crippen LogP contribution in [0.15, 0.2) is 64.9 Å². The first-order valence-electron chi connectivity index (χ1n) is 8.10. The number of alkyl halides is 3. The molecule has 9 heteroatoms. The Hall–Kier alpha value is -2.58. The molecule has 3 aromatic rings. The van der Waals surface area contributed by atoms with Gasteiger partial charge in [0.25, 0.3) is 5.56 Å². The van der Waals surface area contributed by atoms with Crippen molar-refractivity contribution in [2.45, 2.75) is 18.8 Å². The zero-order chi connectivity index (χ0) is 20.3. The molecule has 0 spiro atoms. The van der Waals surface area contributed by atoms with Gasteiger partial charge >= 0.3 is 6.18 Å². The van der Waals surface area contributed by atoms with Gasteiger partial charge in [-0.3, -0.25) is 9.59 Å². The minimum Gasteiger partial charge on any atom is -0.343 e. The van der Waals surface area contributed by atoms with Crippen molar-refractivity contribution in [3.05, 3.63) is 91.5 Å². The van der Waals surface area contributed by atoms with Crippen molar-refractivity contribution in [3.8, 4) is 0 Å². The van der Waals surface area contributed by atoms with Crippen LogP contribution in [0, 0.1) is 0 Å². The Kier molecular flexibility index (Phi) is 5.90. The number of amides is 1.